The molecule has 3 aromatic rings. The predicted molar refractivity (Wildman–Crippen MR) is 143 cm³/mol. The third kappa shape index (κ3) is 6.14. The lowest BCUT2D eigenvalue weighted by molar-refractivity contribution is -0.130. The second kappa shape index (κ2) is 11.4. The Labute approximate surface area is 223 Å². The highest BCUT2D eigenvalue weighted by Crippen LogP contribution is 2.37. The number of amides is 2. The lowest BCUT2D eigenvalue weighted by Crippen LogP contribution is -2.50. The summed E-state index contributed by atoms with van der Waals surface area (Å²) in [6, 6.07) is 10.9. The van der Waals surface area contributed by atoms with E-state index in [1.807, 2.05) is 18.2 Å². The summed E-state index contributed by atoms with van der Waals surface area (Å²) in [4.78, 5) is 40.2. The van der Waals surface area contributed by atoms with Crippen molar-refractivity contribution < 1.29 is 19.4 Å². The molecule has 37 heavy (non-hydrogen) atoms. The van der Waals surface area contributed by atoms with Gasteiger partial charge in [-0.2, -0.15) is 0 Å². The van der Waals surface area contributed by atoms with Crippen molar-refractivity contribution >= 4 is 51.7 Å². The first kappa shape index (κ1) is 25.3. The largest absolute Gasteiger partial charge is 0.507 e. The van der Waals surface area contributed by atoms with E-state index in [2.05, 4.69) is 15.2 Å². The lowest BCUT2D eigenvalue weighted by atomic mass is 10.1. The molecule has 194 valence electrons. The van der Waals surface area contributed by atoms with Crippen LogP contribution in [0.5, 0.6) is 5.75 Å². The molecule has 10 nitrogen and oxygen atoms in total. The van der Waals surface area contributed by atoms with Crippen molar-refractivity contribution in [2.24, 2.45) is 0 Å². The number of ether oxygens (including phenoxy) is 1. The van der Waals surface area contributed by atoms with Gasteiger partial charge in [0.1, 0.15) is 17.4 Å². The van der Waals surface area contributed by atoms with Crippen LogP contribution < -0.4 is 10.2 Å². The summed E-state index contributed by atoms with van der Waals surface area (Å²) >= 11 is 2.96. The van der Waals surface area contributed by atoms with E-state index in [9.17, 15) is 14.7 Å². The molecular formula is C25H28N6O4S2. The monoisotopic (exact) mass is 540 g/mol. The molecule has 2 saturated heterocycles. The molecule has 2 aromatic heterocycles. The van der Waals surface area contributed by atoms with Crippen molar-refractivity contribution in [3.05, 3.63) is 48.2 Å². The van der Waals surface area contributed by atoms with E-state index in [0.29, 0.717) is 44.5 Å². The first-order valence-corrected chi connectivity index (χ1v) is 13.7. The maximum atomic E-state index is 13.1. The Kier molecular flexibility index (Phi) is 7.77. The number of phenols is 1. The van der Waals surface area contributed by atoms with E-state index in [4.69, 9.17) is 9.72 Å². The fourth-order valence-corrected chi connectivity index (χ4v) is 6.10. The van der Waals surface area contributed by atoms with E-state index in [1.165, 1.54) is 30.0 Å². The van der Waals surface area contributed by atoms with Gasteiger partial charge in [-0.05, 0) is 30.3 Å². The SMILES string of the molecule is CC(=O)N1CCN(C(=O)c2cc(Sc3cnc(Nc4cccc(N5CCOCC5)n4)s3)ccc2O)CC1. The van der Waals surface area contributed by atoms with Gasteiger partial charge in [-0.1, -0.05) is 29.2 Å². The highest BCUT2D eigenvalue weighted by atomic mass is 32.2. The summed E-state index contributed by atoms with van der Waals surface area (Å²) in [7, 11) is 0. The second-order valence-electron chi connectivity index (χ2n) is 8.67. The zero-order chi connectivity index (χ0) is 25.8. The van der Waals surface area contributed by atoms with E-state index in [0.717, 1.165) is 33.8 Å². The first-order valence-electron chi connectivity index (χ1n) is 12.0. The van der Waals surface area contributed by atoms with Gasteiger partial charge in [-0.15, -0.1) is 0 Å². The van der Waals surface area contributed by atoms with Crippen molar-refractivity contribution in [3.8, 4) is 5.75 Å². The van der Waals surface area contributed by atoms with Crippen molar-refractivity contribution in [1.82, 2.24) is 19.8 Å². The smallest absolute Gasteiger partial charge is 0.257 e. The first-order chi connectivity index (χ1) is 18.0. The summed E-state index contributed by atoms with van der Waals surface area (Å²) in [6.45, 7) is 6.46. The predicted octanol–water partition coefficient (Wildman–Crippen LogP) is 3.28. The average molecular weight is 541 g/mol. The Morgan fingerprint density at radius 1 is 1.05 bits per heavy atom. The maximum absolute atomic E-state index is 13.1. The molecule has 2 fully saturated rings. The van der Waals surface area contributed by atoms with Crippen LogP contribution in [0.1, 0.15) is 17.3 Å². The summed E-state index contributed by atoms with van der Waals surface area (Å²) in [5, 5.41) is 14.4. The Morgan fingerprint density at radius 3 is 2.57 bits per heavy atom. The topological polar surface area (TPSA) is 111 Å². The van der Waals surface area contributed by atoms with Gasteiger partial charge < -0.3 is 29.9 Å². The van der Waals surface area contributed by atoms with Crippen LogP contribution in [0, 0.1) is 0 Å². The van der Waals surface area contributed by atoms with Gasteiger partial charge in [0.05, 0.1) is 29.2 Å². The number of piperazine rings is 1. The van der Waals surface area contributed by atoms with Gasteiger partial charge >= 0.3 is 0 Å². The summed E-state index contributed by atoms with van der Waals surface area (Å²) < 4.78 is 6.36. The fraction of sp³-hybridized carbons (Fsp3) is 0.360. The number of pyridine rings is 1. The number of carbonyl (C=O) groups is 2. The van der Waals surface area contributed by atoms with Gasteiger partial charge in [0, 0.05) is 51.1 Å². The van der Waals surface area contributed by atoms with Crippen LogP contribution in [0.2, 0.25) is 0 Å². The molecule has 2 aliphatic rings. The molecular weight excluding hydrogens is 512 g/mol. The van der Waals surface area contributed by atoms with Crippen molar-refractivity contribution in [3.63, 3.8) is 0 Å². The molecule has 1 aromatic carbocycles. The molecule has 0 radical (unpaired) electrons. The van der Waals surface area contributed by atoms with E-state index in [1.54, 1.807) is 34.2 Å². The second-order valence-corrected chi connectivity index (χ2v) is 11.1. The highest BCUT2D eigenvalue weighted by Gasteiger charge is 2.25. The third-order valence-corrected chi connectivity index (χ3v) is 8.22. The average Bonchev–Trinajstić information content (AvgIpc) is 3.36. The van der Waals surface area contributed by atoms with Crippen molar-refractivity contribution in [2.75, 3.05) is 62.7 Å². The molecule has 2 N–H and O–H groups in total. The zero-order valence-electron chi connectivity index (χ0n) is 20.4. The van der Waals surface area contributed by atoms with Crippen molar-refractivity contribution in [2.45, 2.75) is 16.0 Å². The number of aromatic nitrogens is 2. The number of thiazole rings is 1. The van der Waals surface area contributed by atoms with E-state index in [-0.39, 0.29) is 23.1 Å². The molecule has 4 heterocycles. The fourth-order valence-electron chi connectivity index (χ4n) is 4.20. The van der Waals surface area contributed by atoms with Gasteiger partial charge in [0.15, 0.2) is 5.13 Å². The molecule has 0 atom stereocenters. The normalized spacial score (nSPS) is 16.1. The van der Waals surface area contributed by atoms with Gasteiger partial charge in [0.2, 0.25) is 5.91 Å². The van der Waals surface area contributed by atoms with Crippen LogP contribution in [0.4, 0.5) is 16.8 Å². The molecule has 0 unspecified atom stereocenters. The number of nitrogens with zero attached hydrogens (tertiary/aromatic N) is 5. The third-order valence-electron chi connectivity index (χ3n) is 6.22. The Bertz CT molecular complexity index is 1270. The zero-order valence-corrected chi connectivity index (χ0v) is 22.1. The number of aromatic hydroxyl groups is 1. The number of anilines is 3. The highest BCUT2D eigenvalue weighted by molar-refractivity contribution is 8.01. The summed E-state index contributed by atoms with van der Waals surface area (Å²) in [5.74, 6) is 1.34. The van der Waals surface area contributed by atoms with Crippen LogP contribution in [-0.2, 0) is 9.53 Å². The molecule has 0 bridgehead atoms. The molecule has 0 aliphatic carbocycles. The molecule has 0 spiro atoms. The van der Waals surface area contributed by atoms with Gasteiger partial charge in [-0.3, -0.25) is 9.59 Å². The summed E-state index contributed by atoms with van der Waals surface area (Å²) in [5.41, 5.74) is 0.258. The minimum atomic E-state index is -0.235. The van der Waals surface area contributed by atoms with E-state index >= 15 is 0 Å². The number of nitrogens with one attached hydrogen (secondary N) is 1. The standard InChI is InChI=1S/C25H28N6O4S2/c1-17(32)29-7-9-31(10-8-29)24(34)19-15-18(5-6-20(19)33)36-23-16-26-25(37-23)28-21-3-2-4-22(27-21)30-11-13-35-14-12-30/h2-6,15-16,33H,7-14H2,1H3,(H,26,27,28). The Morgan fingerprint density at radius 2 is 1.81 bits per heavy atom. The molecule has 5 rings (SSSR count). The van der Waals surface area contributed by atoms with E-state index < -0.39 is 0 Å². The lowest BCUT2D eigenvalue weighted by Gasteiger charge is -2.34. The van der Waals surface area contributed by atoms with Crippen LogP contribution >= 0.6 is 23.1 Å². The van der Waals surface area contributed by atoms with Crippen molar-refractivity contribution in [1.29, 1.82) is 0 Å². The van der Waals surface area contributed by atoms with Crippen LogP contribution in [0.3, 0.4) is 0 Å². The number of rotatable bonds is 6. The minimum Gasteiger partial charge on any atom is -0.507 e. The van der Waals surface area contributed by atoms with Gasteiger partial charge in [0.25, 0.3) is 5.91 Å². The number of morpholine rings is 1. The number of carbonyl (C=O) groups excluding carboxylic acids is 2. The number of hydrogen-bond acceptors (Lipinski definition) is 10. The van der Waals surface area contributed by atoms with Crippen LogP contribution in [-0.4, -0.2) is 89.2 Å². The Balaban J connectivity index is 1.23. The molecule has 12 heteroatoms. The van der Waals surface area contributed by atoms with Crippen LogP contribution in [0.25, 0.3) is 0 Å². The van der Waals surface area contributed by atoms with Crippen LogP contribution in [0.15, 0.2) is 51.7 Å². The Hall–Kier alpha value is -3.35. The maximum Gasteiger partial charge on any atom is 0.257 e. The summed E-state index contributed by atoms with van der Waals surface area (Å²) in [6.07, 6.45) is 1.78. The molecule has 2 amide bonds. The number of hydrogen-bond donors (Lipinski definition) is 2. The number of phenolic OH excluding ortho intramolecular Hbond substituents is 1. The quantitative estimate of drug-likeness (QED) is 0.487. The molecule has 2 aliphatic heterocycles. The van der Waals surface area contributed by atoms with Gasteiger partial charge in [-0.25, -0.2) is 9.97 Å². The minimum absolute atomic E-state index is 0.00680. The molecule has 0 saturated carbocycles. The number of benzene rings is 1.